The third-order valence-corrected chi connectivity index (χ3v) is 7.60. The molecule has 1 N–H and O–H groups in total. The lowest BCUT2D eigenvalue weighted by Gasteiger charge is -2.02. The summed E-state index contributed by atoms with van der Waals surface area (Å²) >= 11 is 2.65. The van der Waals surface area contributed by atoms with Crippen LogP contribution in [0, 0.1) is 6.92 Å². The van der Waals surface area contributed by atoms with Crippen molar-refractivity contribution in [2.45, 2.75) is 26.7 Å². The summed E-state index contributed by atoms with van der Waals surface area (Å²) in [7, 11) is 0. The number of thiophene rings is 2. The number of aliphatic imine (C=N–C) groups is 1. The van der Waals surface area contributed by atoms with Crippen molar-refractivity contribution in [2.24, 2.45) is 4.99 Å². The molecule has 0 radical (unpaired) electrons. The zero-order valence-electron chi connectivity index (χ0n) is 18.9. The highest BCUT2D eigenvalue weighted by atomic mass is 32.1. The number of rotatable bonds is 9. The Morgan fingerprint density at radius 2 is 1.74 bits per heavy atom. The standard InChI is InChI=1S/C27H24N2O3S2/c1-17-6-8-19(9-7-17)27-26(32)21(16-33-27)18(2)29-15-23(31)25-13-12-24(34-25)22(30)11-10-20-5-3-4-14-28-20/h3-9,12-14,16,32H,10-11,15H2,1-2H3. The van der Waals surface area contributed by atoms with E-state index in [2.05, 4.69) is 9.98 Å². The van der Waals surface area contributed by atoms with Gasteiger partial charge in [0.2, 0.25) is 0 Å². The summed E-state index contributed by atoms with van der Waals surface area (Å²) < 4.78 is 0. The van der Waals surface area contributed by atoms with E-state index in [0.29, 0.717) is 33.9 Å². The molecule has 4 aromatic rings. The predicted octanol–water partition coefficient (Wildman–Crippen LogP) is 6.39. The molecule has 4 rings (SSSR count). The van der Waals surface area contributed by atoms with Crippen LogP contribution >= 0.6 is 22.7 Å². The van der Waals surface area contributed by atoms with Crippen LogP contribution in [0.3, 0.4) is 0 Å². The van der Waals surface area contributed by atoms with Crippen LogP contribution in [0.5, 0.6) is 5.75 Å². The number of nitrogens with zero attached hydrogens (tertiary/aromatic N) is 2. The Hall–Kier alpha value is -3.42. The average molecular weight is 489 g/mol. The first-order valence-corrected chi connectivity index (χ1v) is 12.6. The predicted molar refractivity (Wildman–Crippen MR) is 139 cm³/mol. The van der Waals surface area contributed by atoms with Crippen molar-refractivity contribution in [3.8, 4) is 16.2 Å². The van der Waals surface area contributed by atoms with E-state index in [1.54, 1.807) is 25.3 Å². The minimum Gasteiger partial charge on any atom is -0.506 e. The van der Waals surface area contributed by atoms with Crippen molar-refractivity contribution in [3.05, 3.63) is 92.7 Å². The summed E-state index contributed by atoms with van der Waals surface area (Å²) in [6.45, 7) is 3.77. The van der Waals surface area contributed by atoms with Gasteiger partial charge in [-0.05, 0) is 50.1 Å². The molecule has 172 valence electrons. The maximum atomic E-state index is 12.7. The molecule has 0 spiro atoms. The van der Waals surface area contributed by atoms with Gasteiger partial charge in [-0.15, -0.1) is 22.7 Å². The van der Waals surface area contributed by atoms with E-state index in [4.69, 9.17) is 0 Å². The molecular weight excluding hydrogens is 464 g/mol. The molecular formula is C27H24N2O3S2. The van der Waals surface area contributed by atoms with Gasteiger partial charge in [-0.1, -0.05) is 35.9 Å². The summed E-state index contributed by atoms with van der Waals surface area (Å²) in [4.78, 5) is 35.7. The fraction of sp³-hybridized carbons (Fsp3) is 0.185. The number of hydrogen-bond donors (Lipinski definition) is 1. The summed E-state index contributed by atoms with van der Waals surface area (Å²) in [6.07, 6.45) is 2.63. The van der Waals surface area contributed by atoms with Gasteiger partial charge >= 0.3 is 0 Å². The lowest BCUT2D eigenvalue weighted by Crippen LogP contribution is -2.04. The van der Waals surface area contributed by atoms with Crippen LogP contribution in [0.25, 0.3) is 10.4 Å². The van der Waals surface area contributed by atoms with Crippen molar-refractivity contribution < 1.29 is 14.7 Å². The maximum Gasteiger partial charge on any atom is 0.194 e. The number of Topliss-reactive ketones (excluding diaryl/α,β-unsaturated/α-hetero) is 2. The Balaban J connectivity index is 1.39. The Bertz CT molecular complexity index is 1340. The van der Waals surface area contributed by atoms with Crippen LogP contribution in [0.2, 0.25) is 0 Å². The van der Waals surface area contributed by atoms with Gasteiger partial charge in [0, 0.05) is 35.0 Å². The van der Waals surface area contributed by atoms with E-state index in [1.165, 1.54) is 22.7 Å². The molecule has 0 amide bonds. The second-order valence-electron chi connectivity index (χ2n) is 7.93. The molecule has 0 aliphatic carbocycles. The first kappa shape index (κ1) is 23.7. The van der Waals surface area contributed by atoms with Crippen LogP contribution in [-0.4, -0.2) is 33.9 Å². The molecule has 0 aliphatic heterocycles. The molecule has 1 aromatic carbocycles. The van der Waals surface area contributed by atoms with E-state index in [-0.39, 0.29) is 23.9 Å². The van der Waals surface area contributed by atoms with Gasteiger partial charge in [-0.25, -0.2) is 0 Å². The lowest BCUT2D eigenvalue weighted by atomic mass is 10.1. The molecule has 34 heavy (non-hydrogen) atoms. The lowest BCUT2D eigenvalue weighted by molar-refractivity contribution is 0.0984. The fourth-order valence-corrected chi connectivity index (χ4v) is 5.34. The number of carbonyl (C=O) groups excluding carboxylic acids is 2. The number of carbonyl (C=O) groups is 2. The molecule has 0 atom stereocenters. The number of pyridine rings is 1. The van der Waals surface area contributed by atoms with Crippen LogP contribution < -0.4 is 0 Å². The van der Waals surface area contributed by atoms with Gasteiger partial charge in [0.15, 0.2) is 11.6 Å². The first-order chi connectivity index (χ1) is 16.4. The van der Waals surface area contributed by atoms with Crippen molar-refractivity contribution in [1.29, 1.82) is 0 Å². The van der Waals surface area contributed by atoms with Crippen LogP contribution in [0.1, 0.15) is 49.5 Å². The number of aryl methyl sites for hydroxylation is 2. The van der Waals surface area contributed by atoms with E-state index < -0.39 is 0 Å². The van der Waals surface area contributed by atoms with Crippen LogP contribution in [0.4, 0.5) is 0 Å². The van der Waals surface area contributed by atoms with Gasteiger partial charge in [0.1, 0.15) is 12.3 Å². The molecule has 0 fully saturated rings. The summed E-state index contributed by atoms with van der Waals surface area (Å²) in [5.41, 5.74) is 4.20. The highest BCUT2D eigenvalue weighted by molar-refractivity contribution is 7.16. The number of aromatic nitrogens is 1. The third-order valence-electron chi connectivity index (χ3n) is 5.42. The summed E-state index contributed by atoms with van der Waals surface area (Å²) in [5.74, 6) is 0.0299. The second-order valence-corrected chi connectivity index (χ2v) is 9.89. The van der Waals surface area contributed by atoms with Gasteiger partial charge in [-0.2, -0.15) is 0 Å². The van der Waals surface area contributed by atoms with E-state index in [9.17, 15) is 14.7 Å². The zero-order chi connectivity index (χ0) is 24.1. The Labute approximate surface area is 206 Å². The van der Waals surface area contributed by atoms with Crippen molar-refractivity contribution in [2.75, 3.05) is 6.54 Å². The Kier molecular flexibility index (Phi) is 7.45. The van der Waals surface area contributed by atoms with Crippen LogP contribution in [-0.2, 0) is 6.42 Å². The van der Waals surface area contributed by atoms with Gasteiger partial charge in [0.25, 0.3) is 0 Å². The first-order valence-electron chi connectivity index (χ1n) is 10.9. The average Bonchev–Trinajstić information content (AvgIpc) is 3.49. The van der Waals surface area contributed by atoms with E-state index >= 15 is 0 Å². The molecule has 3 heterocycles. The second kappa shape index (κ2) is 10.7. The summed E-state index contributed by atoms with van der Waals surface area (Å²) in [6, 6.07) is 17.0. The fourth-order valence-electron chi connectivity index (χ4n) is 3.42. The quantitative estimate of drug-likeness (QED) is 0.219. The molecule has 0 unspecified atom stereocenters. The normalized spacial score (nSPS) is 11.5. The number of aromatic hydroxyl groups is 1. The van der Waals surface area contributed by atoms with Crippen molar-refractivity contribution in [3.63, 3.8) is 0 Å². The van der Waals surface area contributed by atoms with Crippen molar-refractivity contribution >= 4 is 40.0 Å². The molecule has 0 aliphatic rings. The molecule has 3 aromatic heterocycles. The topological polar surface area (TPSA) is 79.6 Å². The molecule has 0 saturated heterocycles. The Morgan fingerprint density at radius 3 is 2.44 bits per heavy atom. The zero-order valence-corrected chi connectivity index (χ0v) is 20.6. The highest BCUT2D eigenvalue weighted by Crippen LogP contribution is 2.38. The van der Waals surface area contributed by atoms with Gasteiger partial charge in [-0.3, -0.25) is 19.6 Å². The highest BCUT2D eigenvalue weighted by Gasteiger charge is 2.17. The van der Waals surface area contributed by atoms with Gasteiger partial charge < -0.3 is 5.11 Å². The van der Waals surface area contributed by atoms with Crippen LogP contribution in [0.15, 0.2) is 71.2 Å². The molecule has 7 heteroatoms. The molecule has 0 saturated carbocycles. The summed E-state index contributed by atoms with van der Waals surface area (Å²) in [5, 5.41) is 12.6. The number of benzene rings is 1. The minimum atomic E-state index is -0.151. The Morgan fingerprint density at radius 1 is 1.00 bits per heavy atom. The number of hydrogen-bond acceptors (Lipinski definition) is 7. The monoisotopic (exact) mass is 488 g/mol. The molecule has 0 bridgehead atoms. The van der Waals surface area contributed by atoms with E-state index in [0.717, 1.165) is 21.7 Å². The third kappa shape index (κ3) is 5.55. The minimum absolute atomic E-state index is 0.00113. The molecule has 5 nitrogen and oxygen atoms in total. The van der Waals surface area contributed by atoms with E-state index in [1.807, 2.05) is 54.8 Å². The van der Waals surface area contributed by atoms with Crippen molar-refractivity contribution in [1.82, 2.24) is 4.98 Å². The SMILES string of the molecule is CC(=NCC(=O)c1ccc(C(=O)CCc2ccccn2)s1)c1csc(-c2ccc(C)cc2)c1O. The largest absolute Gasteiger partial charge is 0.506 e. The smallest absolute Gasteiger partial charge is 0.194 e. The van der Waals surface area contributed by atoms with Gasteiger partial charge in [0.05, 0.1) is 14.6 Å². The maximum absolute atomic E-state index is 12.7. The number of ketones is 2.